The molecule has 0 N–H and O–H groups in total. The van der Waals surface area contributed by atoms with Gasteiger partial charge in [0.2, 0.25) is 5.91 Å². The first kappa shape index (κ1) is 20.3. The molecule has 2 aromatic carbocycles. The van der Waals surface area contributed by atoms with Crippen LogP contribution in [0.3, 0.4) is 0 Å². The fourth-order valence-corrected chi connectivity index (χ4v) is 4.36. The number of carbonyl (C=O) groups excluding carboxylic acids is 1. The Morgan fingerprint density at radius 3 is 2.60 bits per heavy atom. The van der Waals surface area contributed by atoms with E-state index in [1.165, 1.54) is 12.0 Å². The Labute approximate surface area is 177 Å². The van der Waals surface area contributed by atoms with Crippen molar-refractivity contribution in [3.63, 3.8) is 0 Å². The highest BCUT2D eigenvalue weighted by molar-refractivity contribution is 5.80. The molecule has 2 heterocycles. The number of para-hydroxylation sites is 1. The smallest absolute Gasteiger partial charge is 0.261 e. The number of nitrogens with zero attached hydrogens (tertiary/aromatic N) is 3. The predicted octanol–water partition coefficient (Wildman–Crippen LogP) is 3.97. The van der Waals surface area contributed by atoms with E-state index in [9.17, 15) is 9.59 Å². The molecule has 0 radical (unpaired) electrons. The highest BCUT2D eigenvalue weighted by atomic mass is 16.2. The Kier molecular flexibility index (Phi) is 6.26. The number of rotatable bonds is 6. The molecule has 0 unspecified atom stereocenters. The molecule has 0 spiro atoms. The van der Waals surface area contributed by atoms with E-state index in [0.717, 1.165) is 43.4 Å². The minimum atomic E-state index is -0.0730. The van der Waals surface area contributed by atoms with Gasteiger partial charge in [-0.3, -0.25) is 14.2 Å². The summed E-state index contributed by atoms with van der Waals surface area (Å²) in [5, 5.41) is 0.615. The Morgan fingerprint density at radius 2 is 1.83 bits per heavy atom. The van der Waals surface area contributed by atoms with Gasteiger partial charge in [0.25, 0.3) is 5.56 Å². The molecule has 1 fully saturated rings. The van der Waals surface area contributed by atoms with Crippen LogP contribution in [0.2, 0.25) is 0 Å². The van der Waals surface area contributed by atoms with Gasteiger partial charge >= 0.3 is 0 Å². The molecule has 3 aromatic rings. The number of amides is 1. The third-order valence-electron chi connectivity index (χ3n) is 6.27. The topological polar surface area (TPSA) is 55.2 Å². The first-order valence-electron chi connectivity index (χ1n) is 10.9. The Bertz CT molecular complexity index is 1070. The molecule has 0 saturated carbocycles. The van der Waals surface area contributed by atoms with Crippen LogP contribution in [-0.2, 0) is 17.8 Å². The molecule has 1 aliphatic heterocycles. The highest BCUT2D eigenvalue weighted by Gasteiger charge is 2.22. The molecule has 1 aromatic heterocycles. The molecule has 0 aliphatic carbocycles. The fraction of sp³-hybridized carbons (Fsp3) is 0.400. The van der Waals surface area contributed by atoms with Crippen LogP contribution in [0.25, 0.3) is 10.9 Å². The zero-order chi connectivity index (χ0) is 20.9. The monoisotopic (exact) mass is 403 g/mol. The number of hydrogen-bond acceptors (Lipinski definition) is 3. The molecular weight excluding hydrogens is 374 g/mol. The minimum absolute atomic E-state index is 0.0730. The lowest BCUT2D eigenvalue weighted by Crippen LogP contribution is -2.39. The molecule has 156 valence electrons. The lowest BCUT2D eigenvalue weighted by atomic mass is 9.90. The molecule has 1 amide bonds. The summed E-state index contributed by atoms with van der Waals surface area (Å²) in [5.41, 5.74) is 3.04. The Balaban J connectivity index is 1.28. The van der Waals surface area contributed by atoms with Gasteiger partial charge in [-0.15, -0.1) is 0 Å². The maximum atomic E-state index is 12.7. The maximum Gasteiger partial charge on any atom is 0.261 e. The number of likely N-dealkylation sites (tertiary alicyclic amines) is 1. The van der Waals surface area contributed by atoms with Crippen LogP contribution in [0.15, 0.2) is 59.7 Å². The molecule has 1 aliphatic rings. The van der Waals surface area contributed by atoms with E-state index >= 15 is 0 Å². The standard InChI is InChI=1S/C25H29N3O2/c1-19-6-5-9-22-24(19)26-18-28(25(22)30)17-14-23(29)27-15-12-21(13-16-27)11-10-20-7-3-2-4-8-20/h2-9,18,21H,10-17H2,1H3. The summed E-state index contributed by atoms with van der Waals surface area (Å²) in [4.78, 5) is 31.8. The molecular formula is C25H29N3O2. The average Bonchev–Trinajstić information content (AvgIpc) is 2.78. The SMILES string of the molecule is Cc1cccc2c(=O)n(CCC(=O)N3CCC(CCc4ccccc4)CC3)cnc12. The van der Waals surface area contributed by atoms with Crippen LogP contribution >= 0.6 is 0 Å². The number of carbonyl (C=O) groups is 1. The number of hydrogen-bond donors (Lipinski definition) is 0. The quantitative estimate of drug-likeness (QED) is 0.626. The first-order valence-corrected chi connectivity index (χ1v) is 10.9. The van der Waals surface area contributed by atoms with Gasteiger partial charge in [-0.1, -0.05) is 42.5 Å². The van der Waals surface area contributed by atoms with E-state index < -0.39 is 0 Å². The van der Waals surface area contributed by atoms with Crippen LogP contribution in [0.4, 0.5) is 0 Å². The first-order chi connectivity index (χ1) is 14.6. The predicted molar refractivity (Wildman–Crippen MR) is 119 cm³/mol. The molecule has 5 nitrogen and oxygen atoms in total. The second kappa shape index (κ2) is 9.24. The van der Waals surface area contributed by atoms with E-state index in [-0.39, 0.29) is 11.5 Å². The van der Waals surface area contributed by atoms with Crippen LogP contribution < -0.4 is 5.56 Å². The van der Waals surface area contributed by atoms with Gasteiger partial charge in [0.05, 0.1) is 17.2 Å². The summed E-state index contributed by atoms with van der Waals surface area (Å²) in [6, 6.07) is 16.2. The second-order valence-corrected chi connectivity index (χ2v) is 8.31. The van der Waals surface area contributed by atoms with E-state index in [1.807, 2.05) is 24.0 Å². The van der Waals surface area contributed by atoms with Gasteiger partial charge in [0.1, 0.15) is 0 Å². The van der Waals surface area contributed by atoms with Crippen LogP contribution in [-0.4, -0.2) is 33.4 Å². The number of benzene rings is 2. The van der Waals surface area contributed by atoms with Crippen molar-refractivity contribution in [2.45, 2.75) is 45.6 Å². The van der Waals surface area contributed by atoms with E-state index in [1.54, 1.807) is 17.0 Å². The zero-order valence-electron chi connectivity index (χ0n) is 17.6. The summed E-state index contributed by atoms with van der Waals surface area (Å²) in [5.74, 6) is 0.817. The third kappa shape index (κ3) is 4.61. The number of aryl methyl sites for hydroxylation is 3. The Morgan fingerprint density at radius 1 is 1.07 bits per heavy atom. The molecule has 30 heavy (non-hydrogen) atoms. The maximum absolute atomic E-state index is 12.7. The summed E-state index contributed by atoms with van der Waals surface area (Å²) in [6.45, 7) is 3.97. The van der Waals surface area contributed by atoms with Crippen molar-refractivity contribution in [3.05, 3.63) is 76.3 Å². The summed E-state index contributed by atoms with van der Waals surface area (Å²) in [7, 11) is 0. The third-order valence-corrected chi connectivity index (χ3v) is 6.27. The molecule has 0 atom stereocenters. The van der Waals surface area contributed by atoms with Crippen molar-refractivity contribution in [2.24, 2.45) is 5.92 Å². The lowest BCUT2D eigenvalue weighted by Gasteiger charge is -2.32. The van der Waals surface area contributed by atoms with Gasteiger partial charge in [0.15, 0.2) is 0 Å². The van der Waals surface area contributed by atoms with Crippen LogP contribution in [0, 0.1) is 12.8 Å². The van der Waals surface area contributed by atoms with Gasteiger partial charge in [0, 0.05) is 26.1 Å². The summed E-state index contributed by atoms with van der Waals surface area (Å²) < 4.78 is 1.56. The van der Waals surface area contributed by atoms with Gasteiger partial charge in [-0.05, 0) is 55.7 Å². The molecule has 0 bridgehead atoms. The lowest BCUT2D eigenvalue weighted by molar-refractivity contribution is -0.132. The van der Waals surface area contributed by atoms with Crippen LogP contribution in [0.1, 0.15) is 36.8 Å². The number of aromatic nitrogens is 2. The van der Waals surface area contributed by atoms with Gasteiger partial charge in [-0.25, -0.2) is 4.98 Å². The normalized spacial score (nSPS) is 14.9. The number of piperidine rings is 1. The second-order valence-electron chi connectivity index (χ2n) is 8.31. The zero-order valence-corrected chi connectivity index (χ0v) is 17.6. The minimum Gasteiger partial charge on any atom is -0.343 e. The van der Waals surface area contributed by atoms with Crippen molar-refractivity contribution in [1.29, 1.82) is 0 Å². The summed E-state index contributed by atoms with van der Waals surface area (Å²) in [6.07, 6.45) is 6.33. The van der Waals surface area contributed by atoms with Gasteiger partial charge in [-0.2, -0.15) is 0 Å². The van der Waals surface area contributed by atoms with Crippen LogP contribution in [0.5, 0.6) is 0 Å². The van der Waals surface area contributed by atoms with Crippen molar-refractivity contribution >= 4 is 16.8 Å². The fourth-order valence-electron chi connectivity index (χ4n) is 4.36. The number of fused-ring (bicyclic) bond motifs is 1. The summed E-state index contributed by atoms with van der Waals surface area (Å²) >= 11 is 0. The van der Waals surface area contributed by atoms with Crippen molar-refractivity contribution in [3.8, 4) is 0 Å². The van der Waals surface area contributed by atoms with Gasteiger partial charge < -0.3 is 4.90 Å². The molecule has 1 saturated heterocycles. The molecule has 4 rings (SSSR count). The van der Waals surface area contributed by atoms with E-state index in [0.29, 0.717) is 24.3 Å². The molecule has 5 heteroatoms. The van der Waals surface area contributed by atoms with Crippen molar-refractivity contribution in [2.75, 3.05) is 13.1 Å². The van der Waals surface area contributed by atoms with Crippen molar-refractivity contribution in [1.82, 2.24) is 14.5 Å². The average molecular weight is 404 g/mol. The highest BCUT2D eigenvalue weighted by Crippen LogP contribution is 2.23. The Hall–Kier alpha value is -2.95. The van der Waals surface area contributed by atoms with Crippen molar-refractivity contribution < 1.29 is 4.79 Å². The van der Waals surface area contributed by atoms with E-state index in [2.05, 4.69) is 35.3 Å². The largest absolute Gasteiger partial charge is 0.343 e. The van der Waals surface area contributed by atoms with E-state index in [4.69, 9.17) is 0 Å².